The molecule has 0 N–H and O–H groups in total. The van der Waals surface area contributed by atoms with Gasteiger partial charge < -0.3 is 0 Å². The van der Waals surface area contributed by atoms with Gasteiger partial charge in [0.05, 0.1) is 5.56 Å². The number of aromatic nitrogens is 2. The van der Waals surface area contributed by atoms with Crippen LogP contribution < -0.4 is 0 Å². The van der Waals surface area contributed by atoms with Gasteiger partial charge in [0, 0.05) is 18.8 Å². The molecule has 0 saturated heterocycles. The number of aryl methyl sites for hydroxylation is 1. The van der Waals surface area contributed by atoms with E-state index in [1.54, 1.807) is 17.9 Å². The van der Waals surface area contributed by atoms with E-state index in [1.165, 1.54) is 0 Å². The quantitative estimate of drug-likeness (QED) is 0.671. The van der Waals surface area contributed by atoms with Gasteiger partial charge in [-0.15, -0.1) is 0 Å². The Morgan fingerprint density at radius 3 is 2.64 bits per heavy atom. The Kier molecular flexibility index (Phi) is 2.14. The van der Waals surface area contributed by atoms with Crippen molar-refractivity contribution in [3.63, 3.8) is 0 Å². The van der Waals surface area contributed by atoms with Gasteiger partial charge in [0.2, 0.25) is 0 Å². The molecule has 0 saturated carbocycles. The SMILES string of the molecule is Cn1cc(C=O)c(-c2ccccc2)n1. The summed E-state index contributed by atoms with van der Waals surface area (Å²) < 4.78 is 1.64. The van der Waals surface area contributed by atoms with E-state index < -0.39 is 0 Å². The van der Waals surface area contributed by atoms with Crippen molar-refractivity contribution in [1.82, 2.24) is 9.78 Å². The number of nitrogens with zero attached hydrogens (tertiary/aromatic N) is 2. The van der Waals surface area contributed by atoms with Crippen LogP contribution >= 0.6 is 0 Å². The van der Waals surface area contributed by atoms with Crippen molar-refractivity contribution in [2.45, 2.75) is 0 Å². The molecule has 0 fully saturated rings. The summed E-state index contributed by atoms with van der Waals surface area (Å²) in [5.41, 5.74) is 2.33. The van der Waals surface area contributed by atoms with Crippen LogP contribution in [0.25, 0.3) is 11.3 Å². The molecular formula is C11H10N2O. The Labute approximate surface area is 82.0 Å². The van der Waals surface area contributed by atoms with E-state index in [-0.39, 0.29) is 0 Å². The van der Waals surface area contributed by atoms with Crippen LogP contribution in [0.2, 0.25) is 0 Å². The maximum absolute atomic E-state index is 10.8. The maximum atomic E-state index is 10.8. The summed E-state index contributed by atoms with van der Waals surface area (Å²) in [6.45, 7) is 0. The first-order chi connectivity index (χ1) is 6.81. The van der Waals surface area contributed by atoms with Gasteiger partial charge in [-0.3, -0.25) is 9.48 Å². The first kappa shape index (κ1) is 8.69. The van der Waals surface area contributed by atoms with E-state index in [4.69, 9.17) is 0 Å². The molecule has 0 amide bonds. The molecule has 2 aromatic rings. The predicted molar refractivity (Wildman–Crippen MR) is 54.0 cm³/mol. The summed E-state index contributed by atoms with van der Waals surface area (Å²) in [7, 11) is 1.80. The Morgan fingerprint density at radius 2 is 2.00 bits per heavy atom. The van der Waals surface area contributed by atoms with Crippen LogP contribution in [0.1, 0.15) is 10.4 Å². The van der Waals surface area contributed by atoms with Crippen LogP contribution in [-0.4, -0.2) is 16.1 Å². The zero-order valence-corrected chi connectivity index (χ0v) is 7.84. The molecule has 0 aliphatic carbocycles. The minimum atomic E-state index is 0.624. The van der Waals surface area contributed by atoms with E-state index in [0.717, 1.165) is 17.5 Å². The lowest BCUT2D eigenvalue weighted by Crippen LogP contribution is -1.87. The number of rotatable bonds is 2. The van der Waals surface area contributed by atoms with Crippen LogP contribution in [0.3, 0.4) is 0 Å². The number of hydrogen-bond acceptors (Lipinski definition) is 2. The second-order valence-electron chi connectivity index (χ2n) is 3.09. The Morgan fingerprint density at radius 1 is 1.29 bits per heavy atom. The van der Waals surface area contributed by atoms with Gasteiger partial charge >= 0.3 is 0 Å². The number of aldehydes is 1. The summed E-state index contributed by atoms with van der Waals surface area (Å²) in [4.78, 5) is 10.8. The fourth-order valence-corrected chi connectivity index (χ4v) is 1.41. The highest BCUT2D eigenvalue weighted by Gasteiger charge is 2.07. The van der Waals surface area contributed by atoms with E-state index in [1.807, 2.05) is 30.3 Å². The summed E-state index contributed by atoms with van der Waals surface area (Å²) >= 11 is 0. The van der Waals surface area contributed by atoms with Gasteiger partial charge in [0.1, 0.15) is 5.69 Å². The first-order valence-electron chi connectivity index (χ1n) is 4.35. The molecule has 3 nitrogen and oxygen atoms in total. The molecule has 70 valence electrons. The highest BCUT2D eigenvalue weighted by atomic mass is 16.1. The average Bonchev–Trinajstić information content (AvgIpc) is 2.61. The molecule has 3 heteroatoms. The number of hydrogen-bond donors (Lipinski definition) is 0. The topological polar surface area (TPSA) is 34.9 Å². The van der Waals surface area contributed by atoms with Gasteiger partial charge in [-0.1, -0.05) is 30.3 Å². The summed E-state index contributed by atoms with van der Waals surface area (Å²) in [6, 6.07) is 9.68. The van der Waals surface area contributed by atoms with Crippen LogP contribution in [-0.2, 0) is 7.05 Å². The smallest absolute Gasteiger partial charge is 0.153 e. The van der Waals surface area contributed by atoms with Crippen molar-refractivity contribution in [1.29, 1.82) is 0 Å². The molecule has 0 radical (unpaired) electrons. The van der Waals surface area contributed by atoms with Crippen molar-refractivity contribution in [2.24, 2.45) is 7.05 Å². The van der Waals surface area contributed by atoms with Crippen LogP contribution in [0.5, 0.6) is 0 Å². The van der Waals surface area contributed by atoms with Crippen molar-refractivity contribution < 1.29 is 4.79 Å². The molecular weight excluding hydrogens is 176 g/mol. The molecule has 1 heterocycles. The number of carbonyl (C=O) groups excluding carboxylic acids is 1. The Hall–Kier alpha value is -1.90. The fraction of sp³-hybridized carbons (Fsp3) is 0.0909. The summed E-state index contributed by atoms with van der Waals surface area (Å²) in [6.07, 6.45) is 2.55. The lowest BCUT2D eigenvalue weighted by molar-refractivity contribution is 0.112. The molecule has 14 heavy (non-hydrogen) atoms. The first-order valence-corrected chi connectivity index (χ1v) is 4.35. The van der Waals surface area contributed by atoms with Crippen molar-refractivity contribution in [3.8, 4) is 11.3 Å². The van der Waals surface area contributed by atoms with Gasteiger partial charge in [-0.05, 0) is 0 Å². The second-order valence-corrected chi connectivity index (χ2v) is 3.09. The second kappa shape index (κ2) is 3.46. The third kappa shape index (κ3) is 1.44. The third-order valence-electron chi connectivity index (χ3n) is 2.03. The summed E-state index contributed by atoms with van der Waals surface area (Å²) in [5.74, 6) is 0. The zero-order valence-electron chi connectivity index (χ0n) is 7.84. The molecule has 0 atom stereocenters. The molecule has 1 aromatic heterocycles. The standard InChI is InChI=1S/C11H10N2O/c1-13-7-10(8-14)11(12-13)9-5-3-2-4-6-9/h2-8H,1H3. The van der Waals surface area contributed by atoms with E-state index in [2.05, 4.69) is 5.10 Å². The average molecular weight is 186 g/mol. The number of benzene rings is 1. The maximum Gasteiger partial charge on any atom is 0.153 e. The monoisotopic (exact) mass is 186 g/mol. The Balaban J connectivity index is 2.56. The van der Waals surface area contributed by atoms with E-state index >= 15 is 0 Å². The van der Waals surface area contributed by atoms with Gasteiger partial charge in [0.15, 0.2) is 6.29 Å². The van der Waals surface area contributed by atoms with E-state index in [9.17, 15) is 4.79 Å². The fourth-order valence-electron chi connectivity index (χ4n) is 1.41. The zero-order chi connectivity index (χ0) is 9.97. The van der Waals surface area contributed by atoms with Crippen molar-refractivity contribution >= 4 is 6.29 Å². The minimum Gasteiger partial charge on any atom is -0.298 e. The summed E-state index contributed by atoms with van der Waals surface area (Å²) in [5, 5.41) is 4.24. The lowest BCUT2D eigenvalue weighted by atomic mass is 10.1. The van der Waals surface area contributed by atoms with Crippen molar-refractivity contribution in [3.05, 3.63) is 42.1 Å². The molecule has 0 unspecified atom stereocenters. The molecule has 0 aliphatic heterocycles. The van der Waals surface area contributed by atoms with Gasteiger partial charge in [-0.2, -0.15) is 5.10 Å². The van der Waals surface area contributed by atoms with Gasteiger partial charge in [-0.25, -0.2) is 0 Å². The number of carbonyl (C=O) groups is 1. The molecule has 0 aliphatic rings. The third-order valence-corrected chi connectivity index (χ3v) is 2.03. The molecule has 2 rings (SSSR count). The highest BCUT2D eigenvalue weighted by Crippen LogP contribution is 2.19. The molecule has 1 aromatic carbocycles. The minimum absolute atomic E-state index is 0.624. The van der Waals surface area contributed by atoms with Crippen LogP contribution in [0, 0.1) is 0 Å². The highest BCUT2D eigenvalue weighted by molar-refractivity contribution is 5.85. The largest absolute Gasteiger partial charge is 0.298 e. The van der Waals surface area contributed by atoms with E-state index in [0.29, 0.717) is 5.56 Å². The van der Waals surface area contributed by atoms with Crippen LogP contribution in [0.15, 0.2) is 36.5 Å². The molecule has 0 bridgehead atoms. The van der Waals surface area contributed by atoms with Crippen LogP contribution in [0.4, 0.5) is 0 Å². The van der Waals surface area contributed by atoms with Crippen molar-refractivity contribution in [2.75, 3.05) is 0 Å². The predicted octanol–water partition coefficient (Wildman–Crippen LogP) is 1.90. The van der Waals surface area contributed by atoms with Gasteiger partial charge in [0.25, 0.3) is 0 Å². The molecule has 0 spiro atoms. The normalized spacial score (nSPS) is 10.1. The Bertz CT molecular complexity index is 446. The lowest BCUT2D eigenvalue weighted by Gasteiger charge is -1.95.